The highest BCUT2D eigenvalue weighted by atomic mass is 35.5. The van der Waals surface area contributed by atoms with Crippen molar-refractivity contribution in [2.24, 2.45) is 0 Å². The van der Waals surface area contributed by atoms with Crippen LogP contribution in [0.2, 0.25) is 5.02 Å². The predicted molar refractivity (Wildman–Crippen MR) is 116 cm³/mol. The third-order valence-corrected chi connectivity index (χ3v) is 5.63. The van der Waals surface area contributed by atoms with Crippen molar-refractivity contribution in [1.82, 2.24) is 24.9 Å². The van der Waals surface area contributed by atoms with Gasteiger partial charge in [-0.1, -0.05) is 23.7 Å². The predicted octanol–water partition coefficient (Wildman–Crippen LogP) is 4.41. The number of nitrogens with one attached hydrogen (secondary N) is 1. The van der Waals surface area contributed by atoms with Gasteiger partial charge in [-0.05, 0) is 47.9 Å². The minimum absolute atomic E-state index is 0.0602. The summed E-state index contributed by atoms with van der Waals surface area (Å²) in [5, 5.41) is 21.0. The summed E-state index contributed by atoms with van der Waals surface area (Å²) < 4.78 is 41.7. The third-order valence-electron chi connectivity index (χ3n) is 5.36. The van der Waals surface area contributed by atoms with Crippen molar-refractivity contribution in [1.29, 1.82) is 0 Å². The fraction of sp³-hybridized carbons (Fsp3) is 0.381. The molecule has 9 nitrogen and oxygen atoms in total. The highest BCUT2D eigenvalue weighted by Gasteiger charge is 2.37. The van der Waals surface area contributed by atoms with Crippen molar-refractivity contribution in [3.63, 3.8) is 0 Å². The van der Waals surface area contributed by atoms with Crippen LogP contribution in [0.3, 0.4) is 0 Å². The van der Waals surface area contributed by atoms with Gasteiger partial charge in [-0.3, -0.25) is 9.48 Å². The minimum Gasteiger partial charge on any atom is -0.358 e. The smallest absolute Gasteiger partial charge is 0.358 e. The molecule has 0 unspecified atom stereocenters. The normalized spacial score (nSPS) is 13.8. The molecule has 0 bridgehead atoms. The molecule has 34 heavy (non-hydrogen) atoms. The maximum absolute atomic E-state index is 13.0. The number of rotatable bonds is 9. The van der Waals surface area contributed by atoms with Crippen molar-refractivity contribution >= 4 is 23.3 Å². The molecule has 4 rings (SSSR count). The van der Waals surface area contributed by atoms with Crippen molar-refractivity contribution in [3.05, 3.63) is 74.2 Å². The fourth-order valence-electron chi connectivity index (χ4n) is 3.53. The molecule has 1 saturated carbocycles. The van der Waals surface area contributed by atoms with E-state index in [1.165, 1.54) is 15.6 Å². The zero-order valence-electron chi connectivity index (χ0n) is 17.8. The summed E-state index contributed by atoms with van der Waals surface area (Å²) in [6.45, 7) is 0.795. The van der Waals surface area contributed by atoms with Gasteiger partial charge in [-0.15, -0.1) is 0 Å². The lowest BCUT2D eigenvalue weighted by molar-refractivity contribution is -0.389. The first-order chi connectivity index (χ1) is 16.1. The van der Waals surface area contributed by atoms with Gasteiger partial charge in [0.2, 0.25) is 0 Å². The van der Waals surface area contributed by atoms with Crippen molar-refractivity contribution in [2.45, 2.75) is 44.4 Å². The van der Waals surface area contributed by atoms with E-state index in [1.54, 1.807) is 24.3 Å². The molecule has 180 valence electrons. The summed E-state index contributed by atoms with van der Waals surface area (Å²) in [5.41, 5.74) is 0.881. The number of aryl methyl sites for hydroxylation is 1. The third kappa shape index (κ3) is 5.56. The van der Waals surface area contributed by atoms with Crippen LogP contribution in [0, 0.1) is 10.1 Å². The molecular weight excluding hydrogens is 477 g/mol. The maximum atomic E-state index is 13.0. The number of hydrogen-bond donors (Lipinski definition) is 1. The first-order valence-corrected chi connectivity index (χ1v) is 10.9. The average molecular weight is 497 g/mol. The Kier molecular flexibility index (Phi) is 6.60. The van der Waals surface area contributed by atoms with Gasteiger partial charge in [0.1, 0.15) is 0 Å². The van der Waals surface area contributed by atoms with Gasteiger partial charge >= 0.3 is 12.0 Å². The highest BCUT2D eigenvalue weighted by Crippen LogP contribution is 2.42. The molecule has 1 amide bonds. The Balaban J connectivity index is 1.28. The lowest BCUT2D eigenvalue weighted by Gasteiger charge is -2.08. The molecule has 1 aliphatic rings. The van der Waals surface area contributed by atoms with E-state index in [0.717, 1.165) is 24.5 Å². The molecule has 2 aromatic heterocycles. The van der Waals surface area contributed by atoms with E-state index in [0.29, 0.717) is 17.7 Å². The maximum Gasteiger partial charge on any atom is 0.435 e. The molecule has 1 aliphatic carbocycles. The topological polar surface area (TPSA) is 108 Å². The highest BCUT2D eigenvalue weighted by molar-refractivity contribution is 6.32. The molecule has 1 fully saturated rings. The second-order valence-electron chi connectivity index (χ2n) is 8.01. The van der Waals surface area contributed by atoms with Crippen LogP contribution in [0.4, 0.5) is 19.0 Å². The molecule has 0 radical (unpaired) electrons. The number of carbonyl (C=O) groups is 1. The van der Waals surface area contributed by atoms with Gasteiger partial charge in [-0.2, -0.15) is 23.0 Å². The number of amides is 1. The van der Waals surface area contributed by atoms with E-state index in [4.69, 9.17) is 11.6 Å². The van der Waals surface area contributed by atoms with E-state index < -0.39 is 22.6 Å². The van der Waals surface area contributed by atoms with Crippen molar-refractivity contribution in [2.75, 3.05) is 6.54 Å². The molecule has 1 N–H and O–H groups in total. The first-order valence-electron chi connectivity index (χ1n) is 10.5. The van der Waals surface area contributed by atoms with Crippen LogP contribution >= 0.6 is 11.6 Å². The van der Waals surface area contributed by atoms with Crippen LogP contribution < -0.4 is 5.32 Å². The van der Waals surface area contributed by atoms with Gasteiger partial charge in [0.05, 0.1) is 17.8 Å². The zero-order valence-corrected chi connectivity index (χ0v) is 18.5. The van der Waals surface area contributed by atoms with E-state index in [1.807, 2.05) is 0 Å². The quantitative estimate of drug-likeness (QED) is 0.268. The molecule has 0 spiro atoms. The van der Waals surface area contributed by atoms with Crippen LogP contribution in [0.5, 0.6) is 0 Å². The molecule has 3 aromatic rings. The Morgan fingerprint density at radius 1 is 1.24 bits per heavy atom. The number of benzene rings is 1. The summed E-state index contributed by atoms with van der Waals surface area (Å²) in [4.78, 5) is 22.5. The Labute approximate surface area is 196 Å². The average Bonchev–Trinajstić information content (AvgIpc) is 3.41. The van der Waals surface area contributed by atoms with Gasteiger partial charge in [0, 0.05) is 30.3 Å². The number of aromatic nitrogens is 4. The van der Waals surface area contributed by atoms with Crippen molar-refractivity contribution < 1.29 is 22.9 Å². The van der Waals surface area contributed by atoms with Gasteiger partial charge in [0.25, 0.3) is 5.91 Å². The lowest BCUT2D eigenvalue weighted by atomic mass is 10.1. The van der Waals surface area contributed by atoms with E-state index >= 15 is 0 Å². The standard InChI is InChI=1S/C21H20ClF3N6O3/c22-16-12-29(28-19(16)31(33)34)11-13-2-4-15(5-3-13)20(32)26-8-1-9-30-17(14-6-7-14)10-18(27-30)21(23,24)25/h2-5,10,12,14H,1,6-9,11H2,(H,26,32). The summed E-state index contributed by atoms with van der Waals surface area (Å²) in [6.07, 6.45) is -0.971. The summed E-state index contributed by atoms with van der Waals surface area (Å²) >= 11 is 5.79. The van der Waals surface area contributed by atoms with E-state index in [2.05, 4.69) is 15.5 Å². The van der Waals surface area contributed by atoms with Crippen LogP contribution in [0.15, 0.2) is 36.5 Å². The Morgan fingerprint density at radius 3 is 2.53 bits per heavy atom. The zero-order chi connectivity index (χ0) is 24.5. The summed E-state index contributed by atoms with van der Waals surface area (Å²) in [5.74, 6) is -0.615. The molecule has 13 heteroatoms. The molecule has 0 aliphatic heterocycles. The second-order valence-corrected chi connectivity index (χ2v) is 8.42. The number of nitro groups is 1. The van der Waals surface area contributed by atoms with E-state index in [-0.39, 0.29) is 36.5 Å². The second kappa shape index (κ2) is 9.45. The van der Waals surface area contributed by atoms with Crippen LogP contribution in [0.25, 0.3) is 0 Å². The largest absolute Gasteiger partial charge is 0.435 e. The number of hydrogen-bond acceptors (Lipinski definition) is 5. The Bertz CT molecular complexity index is 1200. The van der Waals surface area contributed by atoms with Crippen LogP contribution in [0.1, 0.15) is 52.5 Å². The monoisotopic (exact) mass is 496 g/mol. The molecule has 0 atom stereocenters. The molecular formula is C21H20ClF3N6O3. The number of nitrogens with zero attached hydrogens (tertiary/aromatic N) is 5. The molecule has 1 aromatic carbocycles. The first kappa shape index (κ1) is 23.7. The minimum atomic E-state index is -4.48. The van der Waals surface area contributed by atoms with Crippen LogP contribution in [-0.4, -0.2) is 36.9 Å². The summed E-state index contributed by atoms with van der Waals surface area (Å²) in [7, 11) is 0. The van der Waals surface area contributed by atoms with Gasteiger partial charge in [0.15, 0.2) is 10.7 Å². The molecule has 0 saturated heterocycles. The SMILES string of the molecule is O=C(NCCCn1nc(C(F)(F)F)cc1C1CC1)c1ccc(Cn2cc(Cl)c([N+](=O)[O-])n2)cc1. The summed E-state index contributed by atoms with van der Waals surface area (Å²) in [6, 6.07) is 7.73. The van der Waals surface area contributed by atoms with Gasteiger partial charge < -0.3 is 15.4 Å². The number of carbonyl (C=O) groups excluding carboxylic acids is 1. The van der Waals surface area contributed by atoms with Crippen molar-refractivity contribution in [3.8, 4) is 0 Å². The van der Waals surface area contributed by atoms with E-state index in [9.17, 15) is 28.1 Å². The Hall–Kier alpha value is -3.41. The fourth-order valence-corrected chi connectivity index (χ4v) is 3.75. The number of alkyl halides is 3. The Morgan fingerprint density at radius 2 is 1.94 bits per heavy atom. The molecule has 2 heterocycles. The van der Waals surface area contributed by atoms with Crippen LogP contribution in [-0.2, 0) is 19.3 Å². The lowest BCUT2D eigenvalue weighted by Crippen LogP contribution is -2.25. The van der Waals surface area contributed by atoms with Gasteiger partial charge in [-0.25, -0.2) is 0 Å². The number of halogens is 4.